The first-order valence-electron chi connectivity index (χ1n) is 10.7. The number of hydrogen-bond donors (Lipinski definition) is 2. The monoisotopic (exact) mass is 469 g/mol. The molecule has 3 amide bonds. The van der Waals surface area contributed by atoms with Crippen LogP contribution in [0.25, 0.3) is 0 Å². The molecular formula is C24H24ClN3O3S. The fraction of sp³-hybridized carbons (Fsp3) is 0.375. The van der Waals surface area contributed by atoms with E-state index in [9.17, 15) is 14.4 Å². The zero-order valence-electron chi connectivity index (χ0n) is 17.6. The normalized spacial score (nSPS) is 28.4. The lowest BCUT2D eigenvalue weighted by molar-refractivity contribution is -0.142. The highest BCUT2D eigenvalue weighted by atomic mass is 35.5. The Morgan fingerprint density at radius 2 is 1.88 bits per heavy atom. The van der Waals surface area contributed by atoms with Crippen LogP contribution in [0.2, 0.25) is 5.02 Å². The fourth-order valence-corrected chi connectivity index (χ4v) is 6.09. The first-order valence-corrected chi connectivity index (χ1v) is 12.5. The Morgan fingerprint density at radius 1 is 1.09 bits per heavy atom. The zero-order chi connectivity index (χ0) is 22.5. The first-order chi connectivity index (χ1) is 15.5. The smallest absolute Gasteiger partial charge is 0.250 e. The van der Waals surface area contributed by atoms with E-state index in [-0.39, 0.29) is 23.8 Å². The van der Waals surface area contributed by atoms with Crippen LogP contribution < -0.4 is 10.6 Å². The average Bonchev–Trinajstić information content (AvgIpc) is 3.37. The van der Waals surface area contributed by atoms with Gasteiger partial charge in [0, 0.05) is 28.9 Å². The van der Waals surface area contributed by atoms with Crippen LogP contribution in [0.1, 0.15) is 17.5 Å². The number of rotatable bonds is 6. The molecule has 8 heteroatoms. The van der Waals surface area contributed by atoms with E-state index in [1.54, 1.807) is 30.0 Å². The summed E-state index contributed by atoms with van der Waals surface area (Å²) in [5, 5.41) is 6.84. The molecule has 1 spiro atoms. The van der Waals surface area contributed by atoms with Gasteiger partial charge in [0.15, 0.2) is 0 Å². The van der Waals surface area contributed by atoms with E-state index in [4.69, 9.17) is 11.6 Å². The Hall–Kier alpha value is -2.35. The molecular weight excluding hydrogens is 446 g/mol. The van der Waals surface area contributed by atoms with Gasteiger partial charge in [-0.1, -0.05) is 41.9 Å². The number of nitrogens with zero attached hydrogens (tertiary/aromatic N) is 1. The summed E-state index contributed by atoms with van der Waals surface area (Å²) in [7, 11) is 0. The molecule has 2 aromatic carbocycles. The van der Waals surface area contributed by atoms with E-state index in [0.717, 1.165) is 11.3 Å². The van der Waals surface area contributed by atoms with E-state index < -0.39 is 17.4 Å². The number of amides is 3. The highest BCUT2D eigenvalue weighted by Gasteiger charge is 2.70. The zero-order valence-corrected chi connectivity index (χ0v) is 19.2. The molecule has 166 valence electrons. The number of fused-ring (bicyclic) bond motifs is 4. The third-order valence-corrected chi connectivity index (χ3v) is 7.75. The van der Waals surface area contributed by atoms with Gasteiger partial charge >= 0.3 is 0 Å². The molecule has 0 aromatic heterocycles. The highest BCUT2D eigenvalue weighted by molar-refractivity contribution is 7.98. The molecule has 2 saturated heterocycles. The lowest BCUT2D eigenvalue weighted by Gasteiger charge is -2.29. The molecule has 2 N–H and O–H groups in total. The van der Waals surface area contributed by atoms with Crippen LogP contribution in [-0.4, -0.2) is 47.2 Å². The molecule has 0 aliphatic carbocycles. The number of likely N-dealkylation sites (tertiary alicyclic amines) is 1. The van der Waals surface area contributed by atoms with Gasteiger partial charge in [0.25, 0.3) is 0 Å². The van der Waals surface area contributed by atoms with Crippen molar-refractivity contribution in [1.29, 1.82) is 0 Å². The number of nitrogens with one attached hydrogen (secondary N) is 2. The van der Waals surface area contributed by atoms with Gasteiger partial charge in [-0.25, -0.2) is 0 Å². The van der Waals surface area contributed by atoms with Crippen LogP contribution >= 0.6 is 23.4 Å². The molecule has 2 aromatic rings. The summed E-state index contributed by atoms with van der Waals surface area (Å²) in [6.45, 7) is 0.310. The largest absolute Gasteiger partial charge is 0.324 e. The Morgan fingerprint density at radius 3 is 2.62 bits per heavy atom. The Kier molecular flexibility index (Phi) is 5.51. The molecule has 2 unspecified atom stereocenters. The van der Waals surface area contributed by atoms with Crippen LogP contribution in [0.4, 0.5) is 5.69 Å². The molecule has 4 atom stereocenters. The number of carbonyl (C=O) groups excluding carboxylic acids is 3. The first kappa shape index (κ1) is 21.5. The van der Waals surface area contributed by atoms with Gasteiger partial charge in [-0.3, -0.25) is 24.6 Å². The van der Waals surface area contributed by atoms with Gasteiger partial charge in [0.2, 0.25) is 17.7 Å². The van der Waals surface area contributed by atoms with Crippen LogP contribution in [0.15, 0.2) is 48.5 Å². The second-order valence-corrected chi connectivity index (χ2v) is 9.97. The molecule has 3 aliphatic heterocycles. The topological polar surface area (TPSA) is 78.5 Å². The van der Waals surface area contributed by atoms with E-state index in [2.05, 4.69) is 10.6 Å². The third kappa shape index (κ3) is 3.17. The van der Waals surface area contributed by atoms with E-state index in [0.29, 0.717) is 35.7 Å². The minimum atomic E-state index is -1.28. The third-order valence-electron chi connectivity index (χ3n) is 6.87. The predicted molar refractivity (Wildman–Crippen MR) is 126 cm³/mol. The molecule has 0 bridgehead atoms. The van der Waals surface area contributed by atoms with E-state index >= 15 is 0 Å². The maximum atomic E-state index is 13.7. The molecule has 3 aliphatic rings. The minimum Gasteiger partial charge on any atom is -0.324 e. The average molecular weight is 470 g/mol. The van der Waals surface area contributed by atoms with Gasteiger partial charge < -0.3 is 5.32 Å². The van der Waals surface area contributed by atoms with Crippen molar-refractivity contribution < 1.29 is 14.4 Å². The standard InChI is InChI=1S/C24H24ClN3O3S/c1-32-12-10-18-19-20(22(30)28(21(19)29)11-9-14-5-3-2-4-6-14)24(27-18)16-13-15(25)7-8-17(16)26-23(24)31/h2-8,13,18-20,27H,9-12H2,1H3,(H,26,31)/t18?,19-,20+,24?/m0/s1. The van der Waals surface area contributed by atoms with Crippen molar-refractivity contribution in [3.63, 3.8) is 0 Å². The minimum absolute atomic E-state index is 0.185. The maximum absolute atomic E-state index is 13.7. The van der Waals surface area contributed by atoms with Gasteiger partial charge in [-0.2, -0.15) is 11.8 Å². The molecule has 3 heterocycles. The Bertz CT molecular complexity index is 1100. The Labute approximate surface area is 196 Å². The van der Waals surface area contributed by atoms with Crippen molar-refractivity contribution in [3.05, 3.63) is 64.7 Å². The van der Waals surface area contributed by atoms with Crippen LogP contribution in [0.3, 0.4) is 0 Å². The molecule has 32 heavy (non-hydrogen) atoms. The number of anilines is 1. The van der Waals surface area contributed by atoms with Crippen LogP contribution in [-0.2, 0) is 26.3 Å². The van der Waals surface area contributed by atoms with Gasteiger partial charge in [0.05, 0.1) is 11.8 Å². The van der Waals surface area contributed by atoms with E-state index in [1.807, 2.05) is 36.6 Å². The molecule has 6 nitrogen and oxygen atoms in total. The number of imide groups is 1. The van der Waals surface area contributed by atoms with Crippen LogP contribution in [0.5, 0.6) is 0 Å². The predicted octanol–water partition coefficient (Wildman–Crippen LogP) is 3.06. The lowest BCUT2D eigenvalue weighted by atomic mass is 9.76. The molecule has 2 fully saturated rings. The lowest BCUT2D eigenvalue weighted by Crippen LogP contribution is -2.53. The summed E-state index contributed by atoms with van der Waals surface area (Å²) in [6, 6.07) is 14.7. The van der Waals surface area contributed by atoms with Crippen molar-refractivity contribution in [2.75, 3.05) is 23.9 Å². The number of thioether (sulfide) groups is 1. The summed E-state index contributed by atoms with van der Waals surface area (Å²) in [5.41, 5.74) is 1.08. The Balaban J connectivity index is 1.53. The van der Waals surface area contributed by atoms with Crippen molar-refractivity contribution in [2.24, 2.45) is 11.8 Å². The molecule has 5 rings (SSSR count). The van der Waals surface area contributed by atoms with Crippen molar-refractivity contribution in [2.45, 2.75) is 24.4 Å². The fourth-order valence-electron chi connectivity index (χ4n) is 5.43. The number of benzene rings is 2. The number of carbonyl (C=O) groups is 3. The second kappa shape index (κ2) is 8.21. The number of halogens is 1. The van der Waals surface area contributed by atoms with Crippen molar-refractivity contribution in [1.82, 2.24) is 10.2 Å². The summed E-state index contributed by atoms with van der Waals surface area (Å²) >= 11 is 7.96. The van der Waals surface area contributed by atoms with E-state index in [1.165, 1.54) is 4.90 Å². The summed E-state index contributed by atoms with van der Waals surface area (Å²) in [6.07, 6.45) is 3.29. The second-order valence-electron chi connectivity index (χ2n) is 8.55. The van der Waals surface area contributed by atoms with Gasteiger partial charge in [0.1, 0.15) is 5.54 Å². The molecule has 0 saturated carbocycles. The summed E-state index contributed by atoms with van der Waals surface area (Å²) in [5.74, 6) is -1.28. The van der Waals surface area contributed by atoms with Crippen molar-refractivity contribution in [3.8, 4) is 0 Å². The molecule has 0 radical (unpaired) electrons. The summed E-state index contributed by atoms with van der Waals surface area (Å²) < 4.78 is 0. The maximum Gasteiger partial charge on any atom is 0.250 e. The quantitative estimate of drug-likeness (QED) is 0.636. The van der Waals surface area contributed by atoms with Gasteiger partial charge in [-0.15, -0.1) is 0 Å². The highest BCUT2D eigenvalue weighted by Crippen LogP contribution is 2.53. The van der Waals surface area contributed by atoms with Crippen molar-refractivity contribution >= 4 is 46.8 Å². The summed E-state index contributed by atoms with van der Waals surface area (Å²) in [4.78, 5) is 41.9. The van der Waals surface area contributed by atoms with Gasteiger partial charge in [-0.05, 0) is 48.6 Å². The number of hydrogen-bond acceptors (Lipinski definition) is 5. The SMILES string of the molecule is CSCCC1NC2(C(=O)Nc3ccc(Cl)cc32)[C@H]2C(=O)N(CCc3ccccc3)C(=O)[C@@H]12. The van der Waals surface area contributed by atoms with Crippen LogP contribution in [0, 0.1) is 11.8 Å².